The van der Waals surface area contributed by atoms with E-state index in [0.29, 0.717) is 26.4 Å². The van der Waals surface area contributed by atoms with Gasteiger partial charge in [0.25, 0.3) is 0 Å². The summed E-state index contributed by atoms with van der Waals surface area (Å²) in [4.78, 5) is 9.78. The topological polar surface area (TPSA) is 56.3 Å². The Morgan fingerprint density at radius 2 is 1.40 bits per heavy atom. The lowest BCUT2D eigenvalue weighted by molar-refractivity contribution is 0.0407. The van der Waals surface area contributed by atoms with Crippen molar-refractivity contribution in [2.24, 2.45) is 0 Å². The van der Waals surface area contributed by atoms with Crippen LogP contribution in [0, 0.1) is 0 Å². The molecule has 3 aromatic carbocycles. The molecule has 0 saturated carbocycles. The van der Waals surface area contributed by atoms with Crippen LogP contribution in [0.25, 0.3) is 0 Å². The fraction of sp³-hybridized carbons (Fsp3) is 0.382. The summed E-state index contributed by atoms with van der Waals surface area (Å²) in [7, 11) is 3.39. The number of hydrogen-bond acceptors (Lipinski definition) is 8. The van der Waals surface area contributed by atoms with Gasteiger partial charge in [-0.15, -0.1) is 11.3 Å². The molecule has 7 nitrogen and oxygen atoms in total. The quantitative estimate of drug-likeness (QED) is 0.135. The molecule has 0 aliphatic carbocycles. The number of aromatic nitrogens is 1. The zero-order valence-electron chi connectivity index (χ0n) is 24.7. The van der Waals surface area contributed by atoms with E-state index in [1.165, 1.54) is 35.2 Å². The van der Waals surface area contributed by atoms with E-state index in [0.717, 1.165) is 54.9 Å². The molecule has 0 spiro atoms. The number of rotatable bonds is 16. The number of thiazole rings is 1. The summed E-state index contributed by atoms with van der Waals surface area (Å²) in [6, 6.07) is 25.3. The first kappa shape index (κ1) is 29.9. The highest BCUT2D eigenvalue weighted by Crippen LogP contribution is 2.28. The Bertz CT molecular complexity index is 1390. The summed E-state index contributed by atoms with van der Waals surface area (Å²) >= 11 is 1.66. The Hall–Kier alpha value is -3.59. The van der Waals surface area contributed by atoms with Crippen molar-refractivity contribution in [3.8, 4) is 11.5 Å². The van der Waals surface area contributed by atoms with Gasteiger partial charge < -0.3 is 28.7 Å². The van der Waals surface area contributed by atoms with Crippen LogP contribution in [-0.2, 0) is 35.6 Å². The predicted molar refractivity (Wildman–Crippen MR) is 170 cm³/mol. The molecule has 4 aromatic rings. The lowest BCUT2D eigenvalue weighted by atomic mass is 10.1. The number of ether oxygens (including phenoxy) is 4. The molecule has 0 radical (unpaired) electrons. The predicted octanol–water partition coefficient (Wildman–Crippen LogP) is 6.74. The summed E-state index contributed by atoms with van der Waals surface area (Å²) in [5, 5.41) is 3.08. The second-order valence-corrected chi connectivity index (χ2v) is 11.3. The molecule has 5 rings (SSSR count). The molecule has 42 heavy (non-hydrogen) atoms. The van der Waals surface area contributed by atoms with Crippen molar-refractivity contribution in [3.63, 3.8) is 0 Å². The SMILES string of the molecule is COc1cccc(CCOCCOCc2csc(N(Cc3cccc(OC)c3)Cc3cccc(N4CCCC4)c3)n2)c1. The summed E-state index contributed by atoms with van der Waals surface area (Å²) in [6.45, 7) is 5.98. The molecule has 222 valence electrons. The Balaban J connectivity index is 1.16. The second-order valence-electron chi connectivity index (χ2n) is 10.5. The molecule has 1 saturated heterocycles. The number of methoxy groups -OCH3 is 2. The Morgan fingerprint density at radius 1 is 0.762 bits per heavy atom. The average molecular weight is 588 g/mol. The largest absolute Gasteiger partial charge is 0.497 e. The highest BCUT2D eigenvalue weighted by Gasteiger charge is 2.16. The lowest BCUT2D eigenvalue weighted by Crippen LogP contribution is -2.23. The van der Waals surface area contributed by atoms with Crippen LogP contribution in [0.2, 0.25) is 0 Å². The van der Waals surface area contributed by atoms with E-state index in [1.807, 2.05) is 30.3 Å². The van der Waals surface area contributed by atoms with Gasteiger partial charge in [-0.1, -0.05) is 36.4 Å². The van der Waals surface area contributed by atoms with Gasteiger partial charge in [0, 0.05) is 37.2 Å². The van der Waals surface area contributed by atoms with Gasteiger partial charge in [-0.25, -0.2) is 4.98 Å². The number of benzene rings is 3. The average Bonchev–Trinajstić information content (AvgIpc) is 3.74. The van der Waals surface area contributed by atoms with Crippen molar-refractivity contribution in [2.45, 2.75) is 39.0 Å². The number of anilines is 2. The summed E-state index contributed by atoms with van der Waals surface area (Å²) in [5.41, 5.74) is 5.91. The van der Waals surface area contributed by atoms with Crippen molar-refractivity contribution in [1.82, 2.24) is 4.98 Å². The van der Waals surface area contributed by atoms with E-state index in [4.69, 9.17) is 23.9 Å². The van der Waals surface area contributed by atoms with Crippen LogP contribution in [0.1, 0.15) is 35.2 Å². The second kappa shape index (κ2) is 15.6. The molecule has 8 heteroatoms. The van der Waals surface area contributed by atoms with Crippen LogP contribution < -0.4 is 19.3 Å². The third-order valence-corrected chi connectivity index (χ3v) is 8.31. The first-order chi connectivity index (χ1) is 20.7. The van der Waals surface area contributed by atoms with E-state index in [9.17, 15) is 0 Å². The molecule has 1 fully saturated rings. The molecule has 0 bridgehead atoms. The van der Waals surface area contributed by atoms with Crippen LogP contribution >= 0.6 is 11.3 Å². The van der Waals surface area contributed by atoms with Gasteiger partial charge in [-0.2, -0.15) is 0 Å². The minimum atomic E-state index is 0.465. The van der Waals surface area contributed by atoms with E-state index < -0.39 is 0 Å². The standard InChI is InChI=1S/C34H41N3O4S/c1-38-32-12-6-8-27(21-32)14-17-40-18-19-41-25-30-26-42-34(35-30)37(24-29-10-7-13-33(22-29)39-2)23-28-9-5-11-31(20-28)36-15-3-4-16-36/h5-13,20-22,26H,3-4,14-19,23-25H2,1-2H3. The van der Waals surface area contributed by atoms with E-state index >= 15 is 0 Å². The monoisotopic (exact) mass is 587 g/mol. The molecular formula is C34H41N3O4S. The van der Waals surface area contributed by atoms with Gasteiger partial charge in [0.15, 0.2) is 5.13 Å². The van der Waals surface area contributed by atoms with Crippen molar-refractivity contribution in [1.29, 1.82) is 0 Å². The van der Waals surface area contributed by atoms with Crippen LogP contribution in [0.3, 0.4) is 0 Å². The fourth-order valence-electron chi connectivity index (χ4n) is 5.15. The normalized spacial score (nSPS) is 13.0. The van der Waals surface area contributed by atoms with Gasteiger partial charge in [-0.05, 0) is 72.4 Å². The summed E-state index contributed by atoms with van der Waals surface area (Å²) < 4.78 is 22.5. The smallest absolute Gasteiger partial charge is 0.186 e. The molecule has 0 unspecified atom stereocenters. The van der Waals surface area contributed by atoms with Crippen molar-refractivity contribution < 1.29 is 18.9 Å². The third-order valence-electron chi connectivity index (χ3n) is 7.36. The van der Waals surface area contributed by atoms with E-state index in [2.05, 4.69) is 57.6 Å². The van der Waals surface area contributed by atoms with Crippen molar-refractivity contribution in [3.05, 3.63) is 101 Å². The highest BCUT2D eigenvalue weighted by atomic mass is 32.1. The Kier molecular flexibility index (Phi) is 11.1. The number of hydrogen-bond donors (Lipinski definition) is 0. The lowest BCUT2D eigenvalue weighted by Gasteiger charge is -2.24. The van der Waals surface area contributed by atoms with Crippen LogP contribution in [0.4, 0.5) is 10.8 Å². The minimum Gasteiger partial charge on any atom is -0.497 e. The van der Waals surface area contributed by atoms with Crippen molar-refractivity contribution >= 4 is 22.2 Å². The Labute approximate surface area is 253 Å². The summed E-state index contributed by atoms with van der Waals surface area (Å²) in [6.07, 6.45) is 3.38. The molecule has 0 amide bonds. The zero-order chi connectivity index (χ0) is 29.0. The van der Waals surface area contributed by atoms with Gasteiger partial charge in [0.05, 0.1) is 46.3 Å². The maximum Gasteiger partial charge on any atom is 0.186 e. The molecular weight excluding hydrogens is 546 g/mol. The van der Waals surface area contributed by atoms with Gasteiger partial charge in [-0.3, -0.25) is 0 Å². The molecule has 1 aromatic heterocycles. The number of nitrogens with zero attached hydrogens (tertiary/aromatic N) is 3. The zero-order valence-corrected chi connectivity index (χ0v) is 25.5. The van der Waals surface area contributed by atoms with E-state index in [-0.39, 0.29) is 0 Å². The first-order valence-corrected chi connectivity index (χ1v) is 15.5. The van der Waals surface area contributed by atoms with Gasteiger partial charge >= 0.3 is 0 Å². The van der Waals surface area contributed by atoms with E-state index in [1.54, 1.807) is 25.6 Å². The Morgan fingerprint density at radius 3 is 2.14 bits per heavy atom. The van der Waals surface area contributed by atoms with Gasteiger partial charge in [0.1, 0.15) is 11.5 Å². The minimum absolute atomic E-state index is 0.465. The first-order valence-electron chi connectivity index (χ1n) is 14.6. The van der Waals surface area contributed by atoms with Gasteiger partial charge in [0.2, 0.25) is 0 Å². The molecule has 1 aliphatic heterocycles. The van der Waals surface area contributed by atoms with Crippen LogP contribution in [0.5, 0.6) is 11.5 Å². The maximum absolute atomic E-state index is 5.90. The van der Waals surface area contributed by atoms with Crippen molar-refractivity contribution in [2.75, 3.05) is 56.9 Å². The maximum atomic E-state index is 5.90. The molecule has 1 aliphatic rings. The highest BCUT2D eigenvalue weighted by molar-refractivity contribution is 7.13. The summed E-state index contributed by atoms with van der Waals surface area (Å²) in [5.74, 6) is 1.73. The fourth-order valence-corrected chi connectivity index (χ4v) is 5.96. The molecule has 0 atom stereocenters. The molecule has 0 N–H and O–H groups in total. The van der Waals surface area contributed by atoms with Crippen LogP contribution in [0.15, 0.2) is 78.2 Å². The molecule has 2 heterocycles. The van der Waals surface area contributed by atoms with Crippen LogP contribution in [-0.4, -0.2) is 52.1 Å². The third kappa shape index (κ3) is 8.71.